The van der Waals surface area contributed by atoms with Crippen LogP contribution in [-0.4, -0.2) is 47.0 Å². The molecule has 2 aromatic rings. The minimum absolute atomic E-state index is 0.116. The van der Waals surface area contributed by atoms with Crippen LogP contribution < -0.4 is 5.73 Å². The third kappa shape index (κ3) is 5.13. The van der Waals surface area contributed by atoms with Gasteiger partial charge in [-0.3, -0.25) is 14.6 Å². The van der Waals surface area contributed by atoms with E-state index >= 15 is 0 Å². The topological polar surface area (TPSA) is 85.5 Å². The monoisotopic (exact) mass is 421 g/mol. The maximum atomic E-state index is 13.0. The molecule has 1 saturated heterocycles. The zero-order valence-corrected chi connectivity index (χ0v) is 18.0. The van der Waals surface area contributed by atoms with Crippen LogP contribution in [0.5, 0.6) is 0 Å². The van der Waals surface area contributed by atoms with Crippen LogP contribution in [0, 0.1) is 5.92 Å². The predicted molar refractivity (Wildman–Crippen MR) is 119 cm³/mol. The lowest BCUT2D eigenvalue weighted by Crippen LogP contribution is -2.61. The molecule has 0 bridgehead atoms. The Labute approximate surface area is 183 Å². The van der Waals surface area contributed by atoms with Crippen molar-refractivity contribution < 1.29 is 14.3 Å². The van der Waals surface area contributed by atoms with Crippen molar-refractivity contribution in [2.45, 2.75) is 50.5 Å². The van der Waals surface area contributed by atoms with Crippen molar-refractivity contribution in [3.05, 3.63) is 54.4 Å². The second kappa shape index (κ2) is 9.60. The highest BCUT2D eigenvalue weighted by Gasteiger charge is 2.44. The maximum Gasteiger partial charge on any atom is 0.251 e. The number of primary amides is 1. The van der Waals surface area contributed by atoms with Gasteiger partial charge in [0.05, 0.1) is 13.2 Å². The Hall–Kier alpha value is -2.73. The van der Waals surface area contributed by atoms with Gasteiger partial charge in [-0.15, -0.1) is 0 Å². The third-order valence-corrected chi connectivity index (χ3v) is 6.59. The van der Waals surface area contributed by atoms with Crippen molar-refractivity contribution in [2.75, 3.05) is 19.7 Å². The number of nitrogens with zero attached hydrogens (tertiary/aromatic N) is 2. The Balaban J connectivity index is 1.49. The van der Waals surface area contributed by atoms with Gasteiger partial charge in [-0.25, -0.2) is 0 Å². The molecule has 1 atom stereocenters. The molecule has 1 aromatic carbocycles. The van der Waals surface area contributed by atoms with Crippen LogP contribution in [-0.2, 0) is 20.7 Å². The molecule has 164 valence electrons. The molecule has 6 nitrogen and oxygen atoms in total. The number of carbonyl (C=O) groups excluding carboxylic acids is 2. The molecule has 2 fully saturated rings. The van der Waals surface area contributed by atoms with Gasteiger partial charge >= 0.3 is 0 Å². The number of hydrogen-bond acceptors (Lipinski definition) is 4. The summed E-state index contributed by atoms with van der Waals surface area (Å²) in [5, 5.41) is 0. The molecule has 2 amide bonds. The molecular formula is C25H31N3O3. The Kier molecular flexibility index (Phi) is 6.66. The Morgan fingerprint density at radius 3 is 2.68 bits per heavy atom. The summed E-state index contributed by atoms with van der Waals surface area (Å²) in [5.41, 5.74) is 7.61. The Bertz CT molecular complexity index is 911. The van der Waals surface area contributed by atoms with Crippen LogP contribution >= 0.6 is 0 Å². The third-order valence-electron chi connectivity index (χ3n) is 6.59. The smallest absolute Gasteiger partial charge is 0.251 e. The van der Waals surface area contributed by atoms with Crippen LogP contribution in [0.15, 0.2) is 48.8 Å². The van der Waals surface area contributed by atoms with Crippen molar-refractivity contribution in [1.82, 2.24) is 9.88 Å². The zero-order valence-electron chi connectivity index (χ0n) is 18.0. The summed E-state index contributed by atoms with van der Waals surface area (Å²) in [6, 6.07) is 11.9. The Morgan fingerprint density at radius 2 is 1.94 bits per heavy atom. The summed E-state index contributed by atoms with van der Waals surface area (Å²) in [5.74, 6) is 0.0580. The van der Waals surface area contributed by atoms with E-state index in [1.807, 2.05) is 42.6 Å². The normalized spacial score (nSPS) is 22.3. The number of benzene rings is 1. The fraction of sp³-hybridized carbons (Fsp3) is 0.480. The molecule has 1 aliphatic carbocycles. The number of aromatic nitrogens is 1. The van der Waals surface area contributed by atoms with Gasteiger partial charge in [0.1, 0.15) is 0 Å². The molecule has 6 heteroatoms. The van der Waals surface area contributed by atoms with E-state index in [2.05, 4.69) is 4.98 Å². The molecule has 1 saturated carbocycles. The summed E-state index contributed by atoms with van der Waals surface area (Å²) < 4.78 is 5.97. The quantitative estimate of drug-likeness (QED) is 0.775. The Morgan fingerprint density at radius 1 is 1.13 bits per heavy atom. The molecule has 1 unspecified atom stereocenters. The molecule has 4 rings (SSSR count). The first-order valence-electron chi connectivity index (χ1n) is 11.3. The van der Waals surface area contributed by atoms with Gasteiger partial charge < -0.3 is 15.4 Å². The van der Waals surface area contributed by atoms with Crippen LogP contribution in [0.1, 0.15) is 44.1 Å². The largest absolute Gasteiger partial charge is 0.367 e. The summed E-state index contributed by atoms with van der Waals surface area (Å²) in [7, 11) is 0. The molecule has 2 aliphatic rings. The average molecular weight is 422 g/mol. The van der Waals surface area contributed by atoms with Crippen molar-refractivity contribution in [3.8, 4) is 11.1 Å². The molecule has 1 aromatic heterocycles. The van der Waals surface area contributed by atoms with Gasteiger partial charge in [-0.2, -0.15) is 0 Å². The fourth-order valence-electron chi connectivity index (χ4n) is 4.83. The lowest BCUT2D eigenvalue weighted by Gasteiger charge is -2.41. The highest BCUT2D eigenvalue weighted by atomic mass is 16.5. The fourth-order valence-corrected chi connectivity index (χ4v) is 4.83. The number of pyridine rings is 1. The number of morpholine rings is 1. The maximum absolute atomic E-state index is 13.0. The summed E-state index contributed by atoms with van der Waals surface area (Å²) in [4.78, 5) is 31.5. The summed E-state index contributed by atoms with van der Waals surface area (Å²) >= 11 is 0. The minimum atomic E-state index is -1.20. The van der Waals surface area contributed by atoms with Crippen LogP contribution in [0.25, 0.3) is 11.1 Å². The van der Waals surface area contributed by atoms with Gasteiger partial charge in [0.2, 0.25) is 5.91 Å². The molecule has 31 heavy (non-hydrogen) atoms. The first kappa shape index (κ1) is 21.5. The van der Waals surface area contributed by atoms with E-state index in [-0.39, 0.29) is 12.5 Å². The summed E-state index contributed by atoms with van der Waals surface area (Å²) in [6.45, 7) is 1.04. The van der Waals surface area contributed by atoms with E-state index in [1.165, 1.54) is 19.3 Å². The summed E-state index contributed by atoms with van der Waals surface area (Å²) in [6.07, 6.45) is 10.4. The van der Waals surface area contributed by atoms with E-state index in [0.717, 1.165) is 29.5 Å². The van der Waals surface area contributed by atoms with E-state index in [9.17, 15) is 9.59 Å². The van der Waals surface area contributed by atoms with Gasteiger partial charge in [-0.1, -0.05) is 49.6 Å². The SMILES string of the molecule is NC(=O)C1(Cc2cccc(-c3cccnc3)c2)CN(C(=O)CC2CCCCC2)CCO1. The van der Waals surface area contributed by atoms with Crippen LogP contribution in [0.3, 0.4) is 0 Å². The molecule has 0 spiro atoms. The number of ether oxygens (including phenoxy) is 1. The van der Waals surface area contributed by atoms with E-state index in [0.29, 0.717) is 31.9 Å². The molecule has 1 aliphatic heterocycles. The molecule has 2 heterocycles. The van der Waals surface area contributed by atoms with Crippen molar-refractivity contribution in [2.24, 2.45) is 11.7 Å². The standard InChI is InChI=1S/C25H31N3O3/c26-24(30)25(16-20-8-4-9-21(14-20)22-10-5-11-27-17-22)18-28(12-13-31-25)23(29)15-19-6-2-1-3-7-19/h4-5,8-11,14,17,19H,1-3,6-7,12-13,15-16,18H2,(H2,26,30). The van der Waals surface area contributed by atoms with Crippen molar-refractivity contribution in [1.29, 1.82) is 0 Å². The number of carbonyl (C=O) groups is 2. The average Bonchev–Trinajstić information content (AvgIpc) is 2.80. The zero-order chi connectivity index (χ0) is 21.7. The van der Waals surface area contributed by atoms with E-state index in [4.69, 9.17) is 10.5 Å². The van der Waals surface area contributed by atoms with Crippen molar-refractivity contribution >= 4 is 11.8 Å². The minimum Gasteiger partial charge on any atom is -0.367 e. The van der Waals surface area contributed by atoms with Gasteiger partial charge in [-0.05, 0) is 41.5 Å². The van der Waals surface area contributed by atoms with Gasteiger partial charge in [0, 0.05) is 31.8 Å². The van der Waals surface area contributed by atoms with E-state index < -0.39 is 11.5 Å². The molecule has 0 radical (unpaired) electrons. The first-order chi connectivity index (χ1) is 15.1. The lowest BCUT2D eigenvalue weighted by atomic mass is 9.86. The van der Waals surface area contributed by atoms with Crippen LogP contribution in [0.4, 0.5) is 0 Å². The highest BCUT2D eigenvalue weighted by molar-refractivity contribution is 5.86. The van der Waals surface area contributed by atoms with Gasteiger partial charge in [0.25, 0.3) is 5.91 Å². The predicted octanol–water partition coefficient (Wildman–Crippen LogP) is 3.34. The second-order valence-corrected chi connectivity index (χ2v) is 8.85. The van der Waals surface area contributed by atoms with Crippen LogP contribution in [0.2, 0.25) is 0 Å². The molecule has 2 N–H and O–H groups in total. The highest BCUT2D eigenvalue weighted by Crippen LogP contribution is 2.30. The van der Waals surface area contributed by atoms with Crippen molar-refractivity contribution in [3.63, 3.8) is 0 Å². The second-order valence-electron chi connectivity index (χ2n) is 8.85. The lowest BCUT2D eigenvalue weighted by molar-refractivity contribution is -0.164. The number of rotatable bonds is 6. The van der Waals surface area contributed by atoms with E-state index in [1.54, 1.807) is 11.1 Å². The first-order valence-corrected chi connectivity index (χ1v) is 11.3. The van der Waals surface area contributed by atoms with Gasteiger partial charge in [0.15, 0.2) is 5.60 Å². The molecular weight excluding hydrogens is 390 g/mol. The number of nitrogens with two attached hydrogens (primary N) is 1. The number of amides is 2. The number of hydrogen-bond donors (Lipinski definition) is 1.